The number of benzene rings is 2. The first-order chi connectivity index (χ1) is 16.0. The molecule has 1 aliphatic heterocycles. The smallest absolute Gasteiger partial charge is 0.412 e. The molecule has 1 atom stereocenters. The minimum atomic E-state index is -0.968. The molecule has 1 N–H and O–H groups in total. The summed E-state index contributed by atoms with van der Waals surface area (Å²) in [6.45, 7) is 9.46. The van der Waals surface area contributed by atoms with Crippen molar-refractivity contribution in [3.63, 3.8) is 0 Å². The van der Waals surface area contributed by atoms with Crippen molar-refractivity contribution in [3.8, 4) is 5.75 Å². The van der Waals surface area contributed by atoms with E-state index in [1.165, 1.54) is 0 Å². The Bertz CT molecular complexity index is 1070. The van der Waals surface area contributed by atoms with Gasteiger partial charge in [-0.25, -0.2) is 4.79 Å². The van der Waals surface area contributed by atoms with Gasteiger partial charge in [0.05, 0.1) is 25.7 Å². The molecule has 0 spiro atoms. The average molecular weight is 469 g/mol. The van der Waals surface area contributed by atoms with Crippen LogP contribution in [0.1, 0.15) is 62.5 Å². The summed E-state index contributed by atoms with van der Waals surface area (Å²) in [6.07, 6.45) is -0.620. The van der Waals surface area contributed by atoms with Gasteiger partial charge in [0.2, 0.25) is 0 Å². The van der Waals surface area contributed by atoms with E-state index in [1.54, 1.807) is 57.9 Å². The summed E-state index contributed by atoms with van der Waals surface area (Å²) < 4.78 is 15.8. The van der Waals surface area contributed by atoms with E-state index in [9.17, 15) is 14.4 Å². The number of nitrogens with one attached hydrogen (secondary N) is 1. The third kappa shape index (κ3) is 5.50. The highest BCUT2D eigenvalue weighted by Gasteiger charge is 2.48. The third-order valence-electron chi connectivity index (χ3n) is 5.61. The molecule has 0 saturated carbocycles. The number of carbonyl (C=O) groups excluding carboxylic acids is 3. The predicted molar refractivity (Wildman–Crippen MR) is 128 cm³/mol. The second-order valence-corrected chi connectivity index (χ2v) is 9.38. The van der Waals surface area contributed by atoms with E-state index in [1.807, 2.05) is 31.2 Å². The van der Waals surface area contributed by atoms with E-state index in [-0.39, 0.29) is 18.9 Å². The zero-order valence-corrected chi connectivity index (χ0v) is 20.6. The molecule has 1 aliphatic rings. The van der Waals surface area contributed by atoms with Crippen molar-refractivity contribution in [2.24, 2.45) is 0 Å². The molecule has 1 unspecified atom stereocenters. The summed E-state index contributed by atoms with van der Waals surface area (Å²) in [7, 11) is 1.59. The molecule has 0 bridgehead atoms. The van der Waals surface area contributed by atoms with E-state index in [2.05, 4.69) is 5.32 Å². The molecule has 8 heteroatoms. The van der Waals surface area contributed by atoms with Gasteiger partial charge in [0.15, 0.2) is 0 Å². The highest BCUT2D eigenvalue weighted by molar-refractivity contribution is 6.01. The number of nitrogens with zero attached hydrogens (tertiary/aromatic N) is 1. The van der Waals surface area contributed by atoms with Gasteiger partial charge in [-0.15, -0.1) is 0 Å². The fourth-order valence-corrected chi connectivity index (χ4v) is 4.03. The van der Waals surface area contributed by atoms with Gasteiger partial charge in [0.1, 0.15) is 11.4 Å². The second-order valence-electron chi connectivity index (χ2n) is 9.38. The Kier molecular flexibility index (Phi) is 7.19. The Balaban J connectivity index is 1.96. The van der Waals surface area contributed by atoms with Crippen LogP contribution in [-0.2, 0) is 26.4 Å². The van der Waals surface area contributed by atoms with Gasteiger partial charge in [-0.05, 0) is 76.1 Å². The maximum Gasteiger partial charge on any atom is 0.412 e. The molecule has 34 heavy (non-hydrogen) atoms. The van der Waals surface area contributed by atoms with Gasteiger partial charge < -0.3 is 19.1 Å². The lowest BCUT2D eigenvalue weighted by Crippen LogP contribution is -2.42. The van der Waals surface area contributed by atoms with Crippen LogP contribution in [0.4, 0.5) is 10.5 Å². The van der Waals surface area contributed by atoms with Crippen molar-refractivity contribution >= 4 is 23.7 Å². The number of esters is 1. The Morgan fingerprint density at radius 2 is 1.76 bits per heavy atom. The van der Waals surface area contributed by atoms with Crippen LogP contribution in [0.15, 0.2) is 42.5 Å². The molecule has 182 valence electrons. The van der Waals surface area contributed by atoms with Crippen LogP contribution in [0.3, 0.4) is 0 Å². The summed E-state index contributed by atoms with van der Waals surface area (Å²) >= 11 is 0. The number of methoxy groups -OCH3 is 1. The van der Waals surface area contributed by atoms with Crippen molar-refractivity contribution in [1.29, 1.82) is 0 Å². The largest absolute Gasteiger partial charge is 0.497 e. The van der Waals surface area contributed by atoms with Crippen LogP contribution in [0.5, 0.6) is 5.75 Å². The zero-order valence-electron chi connectivity index (χ0n) is 20.6. The van der Waals surface area contributed by atoms with E-state index in [4.69, 9.17) is 14.2 Å². The lowest BCUT2D eigenvalue weighted by Gasteiger charge is -2.35. The molecular weight excluding hydrogens is 436 g/mol. The second kappa shape index (κ2) is 9.75. The predicted octanol–water partition coefficient (Wildman–Crippen LogP) is 4.87. The molecule has 2 aromatic rings. The fraction of sp³-hybridized carbons (Fsp3) is 0.423. The first-order valence-electron chi connectivity index (χ1n) is 11.2. The topological polar surface area (TPSA) is 94.2 Å². The molecule has 0 aromatic heterocycles. The first kappa shape index (κ1) is 25.1. The number of fused-ring (bicyclic) bond motifs is 1. The number of hydrogen-bond donors (Lipinski definition) is 1. The third-order valence-corrected chi connectivity index (χ3v) is 5.61. The monoisotopic (exact) mass is 468 g/mol. The van der Waals surface area contributed by atoms with Crippen LogP contribution in [0.2, 0.25) is 0 Å². The number of rotatable bonds is 7. The van der Waals surface area contributed by atoms with Gasteiger partial charge in [0, 0.05) is 17.8 Å². The van der Waals surface area contributed by atoms with Gasteiger partial charge in [-0.2, -0.15) is 0 Å². The fourth-order valence-electron chi connectivity index (χ4n) is 4.03. The van der Waals surface area contributed by atoms with Crippen LogP contribution in [-0.4, -0.2) is 42.2 Å². The van der Waals surface area contributed by atoms with Gasteiger partial charge in [0.25, 0.3) is 5.91 Å². The Morgan fingerprint density at radius 3 is 2.35 bits per heavy atom. The van der Waals surface area contributed by atoms with Gasteiger partial charge in [-0.3, -0.25) is 14.9 Å². The number of ether oxygens (including phenoxy) is 3. The zero-order chi connectivity index (χ0) is 25.1. The van der Waals surface area contributed by atoms with Crippen molar-refractivity contribution in [1.82, 2.24) is 4.90 Å². The summed E-state index contributed by atoms with van der Waals surface area (Å²) in [5.74, 6) is 0.115. The molecule has 1 heterocycles. The lowest BCUT2D eigenvalue weighted by atomic mass is 9.87. The molecule has 2 amide bonds. The van der Waals surface area contributed by atoms with Crippen LogP contribution in [0.25, 0.3) is 0 Å². The molecule has 0 aliphatic carbocycles. The number of anilines is 1. The minimum absolute atomic E-state index is 0.0222. The van der Waals surface area contributed by atoms with Gasteiger partial charge in [-0.1, -0.05) is 12.1 Å². The SMILES string of the molecule is CCOC(=O)CC1(C)c2cc(NC(=O)OC(C)(C)C)ccc2C(=O)N1Cc1ccc(OC)cc1. The minimum Gasteiger partial charge on any atom is -0.497 e. The molecule has 0 saturated heterocycles. The molecule has 2 aromatic carbocycles. The first-order valence-corrected chi connectivity index (χ1v) is 11.2. The molecule has 0 radical (unpaired) electrons. The Morgan fingerprint density at radius 1 is 1.09 bits per heavy atom. The van der Waals surface area contributed by atoms with E-state index < -0.39 is 23.2 Å². The average Bonchev–Trinajstić information content (AvgIpc) is 2.94. The normalized spacial score (nSPS) is 17.2. The van der Waals surface area contributed by atoms with Crippen molar-refractivity contribution in [2.75, 3.05) is 19.0 Å². The highest BCUT2D eigenvalue weighted by Crippen LogP contribution is 2.44. The Hall–Kier alpha value is -3.55. The molecule has 0 fully saturated rings. The molecule has 8 nitrogen and oxygen atoms in total. The van der Waals surface area contributed by atoms with E-state index >= 15 is 0 Å². The molecule has 3 rings (SSSR count). The molecular formula is C26H32N2O6. The number of carbonyl (C=O) groups is 3. The summed E-state index contributed by atoms with van der Waals surface area (Å²) in [6, 6.07) is 12.5. The highest BCUT2D eigenvalue weighted by atomic mass is 16.6. The summed E-state index contributed by atoms with van der Waals surface area (Å²) in [5.41, 5.74) is 0.878. The maximum atomic E-state index is 13.4. The summed E-state index contributed by atoms with van der Waals surface area (Å²) in [4.78, 5) is 39.9. The van der Waals surface area contributed by atoms with Gasteiger partial charge >= 0.3 is 12.1 Å². The maximum absolute atomic E-state index is 13.4. The number of hydrogen-bond acceptors (Lipinski definition) is 6. The van der Waals surface area contributed by atoms with Crippen LogP contribution < -0.4 is 10.1 Å². The number of amides is 2. The van der Waals surface area contributed by atoms with Crippen LogP contribution in [0, 0.1) is 0 Å². The lowest BCUT2D eigenvalue weighted by molar-refractivity contribution is -0.146. The summed E-state index contributed by atoms with van der Waals surface area (Å²) in [5, 5.41) is 2.72. The standard InChI is InChI=1S/C26H32N2O6/c1-7-33-22(29)15-26(5)21-14-18(27-24(31)34-25(2,3)4)10-13-20(21)23(30)28(26)16-17-8-11-19(32-6)12-9-17/h8-14H,7,15-16H2,1-6H3,(H,27,31). The van der Waals surface area contributed by atoms with Crippen LogP contribution >= 0.6 is 0 Å². The quantitative estimate of drug-likeness (QED) is 0.583. The van der Waals surface area contributed by atoms with E-state index in [0.29, 0.717) is 29.1 Å². The van der Waals surface area contributed by atoms with Crippen molar-refractivity contribution in [3.05, 3.63) is 59.2 Å². The Labute approximate surface area is 200 Å². The van der Waals surface area contributed by atoms with Crippen molar-refractivity contribution < 1.29 is 28.6 Å². The van der Waals surface area contributed by atoms with Crippen molar-refractivity contribution in [2.45, 2.75) is 58.7 Å². The van der Waals surface area contributed by atoms with E-state index in [0.717, 1.165) is 5.56 Å².